The van der Waals surface area contributed by atoms with Gasteiger partial charge in [-0.05, 0) is 61.6 Å². The summed E-state index contributed by atoms with van der Waals surface area (Å²) in [5.74, 6) is 0.391. The third-order valence-electron chi connectivity index (χ3n) is 5.74. The van der Waals surface area contributed by atoms with Crippen LogP contribution in [0.15, 0.2) is 48.5 Å². The summed E-state index contributed by atoms with van der Waals surface area (Å²) in [6, 6.07) is 14.5. The van der Waals surface area contributed by atoms with E-state index in [2.05, 4.69) is 5.32 Å². The molecule has 0 spiro atoms. The van der Waals surface area contributed by atoms with Crippen molar-refractivity contribution >= 4 is 17.7 Å². The summed E-state index contributed by atoms with van der Waals surface area (Å²) in [6.45, 7) is 1.93. The molecule has 7 heteroatoms. The van der Waals surface area contributed by atoms with Crippen LogP contribution in [0.1, 0.15) is 41.6 Å². The van der Waals surface area contributed by atoms with Crippen molar-refractivity contribution in [3.05, 3.63) is 59.7 Å². The molecule has 2 fully saturated rings. The van der Waals surface area contributed by atoms with Crippen LogP contribution >= 0.6 is 0 Å². The molecular weight excluding hydrogens is 382 g/mol. The molecular formula is C23H25N3O4. The van der Waals surface area contributed by atoms with E-state index >= 15 is 0 Å². The summed E-state index contributed by atoms with van der Waals surface area (Å²) in [4.78, 5) is 38.0. The summed E-state index contributed by atoms with van der Waals surface area (Å²) in [7, 11) is 0. The van der Waals surface area contributed by atoms with Crippen LogP contribution < -0.4 is 15.8 Å². The molecule has 1 aliphatic heterocycles. The first kappa shape index (κ1) is 19.9. The highest BCUT2D eigenvalue weighted by molar-refractivity contribution is 6.07. The quantitative estimate of drug-likeness (QED) is 0.689. The van der Waals surface area contributed by atoms with E-state index in [4.69, 9.17) is 10.5 Å². The topological polar surface area (TPSA) is 102 Å². The number of nitrogens with two attached hydrogens (primary N) is 1. The van der Waals surface area contributed by atoms with E-state index in [-0.39, 0.29) is 11.8 Å². The summed E-state index contributed by atoms with van der Waals surface area (Å²) in [5.41, 5.74) is 5.81. The maximum atomic E-state index is 12.5. The minimum atomic E-state index is -1.01. The minimum Gasteiger partial charge on any atom is -0.457 e. The molecule has 7 nitrogen and oxygen atoms in total. The number of rotatable bonds is 7. The van der Waals surface area contributed by atoms with E-state index in [0.717, 1.165) is 31.5 Å². The van der Waals surface area contributed by atoms with Gasteiger partial charge in [-0.2, -0.15) is 0 Å². The number of likely N-dealkylation sites (tertiary alicyclic amines) is 1. The Hall–Kier alpha value is -3.35. The van der Waals surface area contributed by atoms with E-state index in [1.165, 1.54) is 0 Å². The highest BCUT2D eigenvalue weighted by atomic mass is 16.5. The van der Waals surface area contributed by atoms with Gasteiger partial charge in [-0.1, -0.05) is 18.2 Å². The van der Waals surface area contributed by atoms with Crippen LogP contribution in [0, 0.1) is 5.41 Å². The molecule has 156 valence electrons. The largest absolute Gasteiger partial charge is 0.457 e. The lowest BCUT2D eigenvalue weighted by atomic mass is 10.1. The van der Waals surface area contributed by atoms with Gasteiger partial charge in [0.2, 0.25) is 11.8 Å². The van der Waals surface area contributed by atoms with E-state index in [0.29, 0.717) is 36.4 Å². The number of primary amides is 1. The zero-order valence-corrected chi connectivity index (χ0v) is 16.7. The van der Waals surface area contributed by atoms with Crippen LogP contribution in [0.2, 0.25) is 0 Å². The van der Waals surface area contributed by atoms with Gasteiger partial charge in [-0.3, -0.25) is 14.4 Å². The molecule has 0 atom stereocenters. The number of amides is 3. The molecule has 1 heterocycles. The second kappa shape index (κ2) is 8.18. The first-order valence-electron chi connectivity index (χ1n) is 10.2. The lowest BCUT2D eigenvalue weighted by Crippen LogP contribution is -2.40. The Balaban J connectivity index is 1.34. The predicted molar refractivity (Wildman–Crippen MR) is 111 cm³/mol. The lowest BCUT2D eigenvalue weighted by molar-refractivity contribution is -0.135. The summed E-state index contributed by atoms with van der Waals surface area (Å²) < 4.78 is 5.89. The minimum absolute atomic E-state index is 0.0356. The number of carbonyl (C=O) groups excluding carboxylic acids is 3. The summed E-state index contributed by atoms with van der Waals surface area (Å²) in [6.07, 6.45) is 3.14. The van der Waals surface area contributed by atoms with Crippen LogP contribution in [0.4, 0.5) is 0 Å². The number of nitrogens with one attached hydrogen (secondary N) is 1. The van der Waals surface area contributed by atoms with Crippen molar-refractivity contribution in [2.45, 2.75) is 32.2 Å². The van der Waals surface area contributed by atoms with Crippen molar-refractivity contribution in [3.63, 3.8) is 0 Å². The molecule has 4 rings (SSSR count). The molecule has 0 bridgehead atoms. The highest BCUT2D eigenvalue weighted by Gasteiger charge is 2.55. The van der Waals surface area contributed by atoms with Crippen molar-refractivity contribution in [1.82, 2.24) is 10.2 Å². The molecule has 2 aromatic rings. The maximum absolute atomic E-state index is 12.5. The second-order valence-corrected chi connectivity index (χ2v) is 7.90. The van der Waals surface area contributed by atoms with Crippen molar-refractivity contribution in [1.29, 1.82) is 0 Å². The van der Waals surface area contributed by atoms with E-state index < -0.39 is 11.3 Å². The fourth-order valence-corrected chi connectivity index (χ4v) is 3.67. The molecule has 0 radical (unpaired) electrons. The first-order chi connectivity index (χ1) is 14.5. The normalized spacial score (nSPS) is 16.7. The standard InChI is InChI=1S/C23H25N3O4/c24-21(28)23(10-11-23)22(29)25-15-16-6-8-18(9-7-16)30-19-5-3-4-17(14-19)20(27)26-12-1-2-13-26/h3-9,14H,1-2,10-13,15H2,(H2,24,28)(H,25,29). The van der Waals surface area contributed by atoms with E-state index in [1.807, 2.05) is 29.2 Å². The average molecular weight is 407 g/mol. The van der Waals surface area contributed by atoms with Crippen LogP contribution in [0.5, 0.6) is 11.5 Å². The van der Waals surface area contributed by atoms with Gasteiger partial charge in [-0.15, -0.1) is 0 Å². The summed E-state index contributed by atoms with van der Waals surface area (Å²) in [5, 5.41) is 2.78. The van der Waals surface area contributed by atoms with Crippen LogP contribution in [0.25, 0.3) is 0 Å². The molecule has 30 heavy (non-hydrogen) atoms. The van der Waals surface area contributed by atoms with Crippen LogP contribution in [0.3, 0.4) is 0 Å². The molecule has 0 unspecified atom stereocenters. The van der Waals surface area contributed by atoms with Gasteiger partial charge >= 0.3 is 0 Å². The Morgan fingerprint density at radius 2 is 1.70 bits per heavy atom. The monoisotopic (exact) mass is 407 g/mol. The molecule has 0 aromatic heterocycles. The van der Waals surface area contributed by atoms with Crippen molar-refractivity contribution in [3.8, 4) is 11.5 Å². The highest BCUT2D eigenvalue weighted by Crippen LogP contribution is 2.45. The fraction of sp³-hybridized carbons (Fsp3) is 0.348. The maximum Gasteiger partial charge on any atom is 0.253 e. The number of hydrogen-bond donors (Lipinski definition) is 2. The molecule has 1 aliphatic carbocycles. The molecule has 2 aliphatic rings. The van der Waals surface area contributed by atoms with Gasteiger partial charge in [0.05, 0.1) is 0 Å². The zero-order chi connectivity index (χ0) is 21.1. The van der Waals surface area contributed by atoms with Gasteiger partial charge in [0.1, 0.15) is 16.9 Å². The predicted octanol–water partition coefficient (Wildman–Crippen LogP) is 2.60. The van der Waals surface area contributed by atoms with Gasteiger partial charge in [0.15, 0.2) is 0 Å². The molecule has 3 amide bonds. The third kappa shape index (κ3) is 4.15. The smallest absolute Gasteiger partial charge is 0.253 e. The summed E-state index contributed by atoms with van der Waals surface area (Å²) >= 11 is 0. The van der Waals surface area contributed by atoms with Gasteiger partial charge in [-0.25, -0.2) is 0 Å². The lowest BCUT2D eigenvalue weighted by Gasteiger charge is -2.16. The van der Waals surface area contributed by atoms with Crippen molar-refractivity contribution < 1.29 is 19.1 Å². The number of hydrogen-bond acceptors (Lipinski definition) is 4. The van der Waals surface area contributed by atoms with Crippen molar-refractivity contribution in [2.75, 3.05) is 13.1 Å². The number of nitrogens with zero attached hydrogens (tertiary/aromatic N) is 1. The number of benzene rings is 2. The molecule has 1 saturated carbocycles. The fourth-order valence-electron chi connectivity index (χ4n) is 3.67. The van der Waals surface area contributed by atoms with E-state index in [9.17, 15) is 14.4 Å². The Kier molecular flexibility index (Phi) is 5.44. The average Bonchev–Trinajstić information content (AvgIpc) is 3.40. The SMILES string of the molecule is NC(=O)C1(C(=O)NCc2ccc(Oc3cccc(C(=O)N4CCCC4)c3)cc2)CC1. The van der Waals surface area contributed by atoms with Gasteiger partial charge in [0, 0.05) is 25.2 Å². The Morgan fingerprint density at radius 3 is 2.33 bits per heavy atom. The third-order valence-corrected chi connectivity index (χ3v) is 5.74. The van der Waals surface area contributed by atoms with Crippen LogP contribution in [-0.2, 0) is 16.1 Å². The molecule has 3 N–H and O–H groups in total. The van der Waals surface area contributed by atoms with Gasteiger partial charge in [0.25, 0.3) is 5.91 Å². The Bertz CT molecular complexity index is 961. The van der Waals surface area contributed by atoms with E-state index in [1.54, 1.807) is 24.3 Å². The zero-order valence-electron chi connectivity index (χ0n) is 16.7. The second-order valence-electron chi connectivity index (χ2n) is 7.90. The van der Waals surface area contributed by atoms with Gasteiger partial charge < -0.3 is 20.7 Å². The van der Waals surface area contributed by atoms with Crippen molar-refractivity contribution in [2.24, 2.45) is 11.1 Å². The number of ether oxygens (including phenoxy) is 1. The number of carbonyl (C=O) groups is 3. The Labute approximate surface area is 175 Å². The molecule has 2 aromatic carbocycles. The molecule has 1 saturated heterocycles. The van der Waals surface area contributed by atoms with Crippen LogP contribution in [-0.4, -0.2) is 35.7 Å². The first-order valence-corrected chi connectivity index (χ1v) is 10.2. The Morgan fingerprint density at radius 1 is 1.00 bits per heavy atom.